The van der Waals surface area contributed by atoms with Crippen molar-refractivity contribution >= 4 is 17.9 Å². The van der Waals surface area contributed by atoms with Crippen LogP contribution in [0, 0.1) is 0 Å². The van der Waals surface area contributed by atoms with Crippen LogP contribution in [-0.4, -0.2) is 128 Å². The Labute approximate surface area is 491 Å². The number of rotatable bonds is 25. The number of carbonyl (C=O) groups excluding carboxylic acids is 3. The largest absolute Gasteiger partial charge is 0.452 e. The van der Waals surface area contributed by atoms with E-state index < -0.39 is 116 Å². The molecule has 3 aliphatic rings. The van der Waals surface area contributed by atoms with E-state index >= 15 is 0 Å². The first-order chi connectivity index (χ1) is 42.2. The van der Waals surface area contributed by atoms with Crippen LogP contribution in [0.4, 0.5) is 0 Å². The van der Waals surface area contributed by atoms with Gasteiger partial charge < -0.3 is 52.5 Å². The Bertz CT molecular complexity index is 3370. The van der Waals surface area contributed by atoms with Crippen molar-refractivity contribution in [3.05, 3.63) is 257 Å². The van der Waals surface area contributed by atoms with Gasteiger partial charge in [0, 0.05) is 19.6 Å². The number of azide groups is 4. The van der Waals surface area contributed by atoms with Crippen LogP contribution in [0.25, 0.3) is 41.8 Å². The second-order valence-electron chi connectivity index (χ2n) is 19.9. The highest BCUT2D eigenvalue weighted by atomic mass is 16.7. The zero-order valence-electron chi connectivity index (χ0n) is 45.8. The van der Waals surface area contributed by atoms with Crippen molar-refractivity contribution in [3.8, 4) is 0 Å². The summed E-state index contributed by atoms with van der Waals surface area (Å²) in [5.74, 6) is -2.92. The van der Waals surface area contributed by atoms with E-state index in [1.807, 2.05) is 91.0 Å². The first-order valence-electron chi connectivity index (χ1n) is 27.3. The van der Waals surface area contributed by atoms with Crippen molar-refractivity contribution in [2.24, 2.45) is 20.5 Å². The molecule has 86 heavy (non-hydrogen) atoms. The zero-order chi connectivity index (χ0) is 60.0. The lowest BCUT2D eigenvalue weighted by molar-refractivity contribution is -0.347. The highest BCUT2D eigenvalue weighted by Gasteiger charge is 2.57. The van der Waals surface area contributed by atoms with Crippen LogP contribution in [0.2, 0.25) is 0 Å². The summed E-state index contributed by atoms with van der Waals surface area (Å²) in [5, 5.41) is 28.5. The molecule has 1 aliphatic carbocycles. The Morgan fingerprint density at radius 3 is 1.15 bits per heavy atom. The van der Waals surface area contributed by atoms with Gasteiger partial charge in [-0.2, -0.15) is 0 Å². The fourth-order valence-corrected chi connectivity index (χ4v) is 10.2. The Hall–Kier alpha value is -9.35. The third-order valence-corrected chi connectivity index (χ3v) is 14.3. The van der Waals surface area contributed by atoms with E-state index in [4.69, 9.17) is 47.4 Å². The fraction of sp³-hybridized carbons (Fsp3) is 0.350. The fourth-order valence-electron chi connectivity index (χ4n) is 10.2. The number of ether oxygens (including phenoxy) is 10. The molecule has 2 heterocycles. The maximum Gasteiger partial charge on any atom is 0.338 e. The molecule has 0 aromatic heterocycles. The monoisotopic (exact) mass is 1170 g/mol. The molecule has 3 fully saturated rings. The summed E-state index contributed by atoms with van der Waals surface area (Å²) < 4.78 is 65.5. The molecule has 0 unspecified atom stereocenters. The maximum atomic E-state index is 14.3. The number of esters is 3. The second-order valence-corrected chi connectivity index (χ2v) is 19.9. The number of hydrogen-bond acceptors (Lipinski definition) is 18. The van der Waals surface area contributed by atoms with Crippen LogP contribution in [-0.2, 0) is 67.2 Å². The average Bonchev–Trinajstić information content (AvgIpc) is 1.31. The van der Waals surface area contributed by atoms with Crippen LogP contribution in [0.15, 0.2) is 202 Å². The highest BCUT2D eigenvalue weighted by molar-refractivity contribution is 5.91. The molecule has 6 aromatic carbocycles. The first kappa shape index (κ1) is 61.2. The number of carbonyl (C=O) groups is 3. The minimum Gasteiger partial charge on any atom is -0.452 e. The van der Waals surface area contributed by atoms with Gasteiger partial charge in [0.25, 0.3) is 0 Å². The van der Waals surface area contributed by atoms with Crippen LogP contribution in [0.5, 0.6) is 0 Å². The van der Waals surface area contributed by atoms with Gasteiger partial charge in [0.15, 0.2) is 30.9 Å². The van der Waals surface area contributed by atoms with Crippen molar-refractivity contribution in [2.75, 3.05) is 13.1 Å². The number of nitrogens with zero attached hydrogens (tertiary/aromatic N) is 12. The van der Waals surface area contributed by atoms with Gasteiger partial charge >= 0.3 is 17.9 Å². The predicted octanol–water partition coefficient (Wildman–Crippen LogP) is 10.4. The van der Waals surface area contributed by atoms with Crippen LogP contribution < -0.4 is 0 Å². The second kappa shape index (κ2) is 31.0. The Balaban J connectivity index is 1.12. The van der Waals surface area contributed by atoms with Gasteiger partial charge in [0.05, 0.1) is 80.0 Å². The van der Waals surface area contributed by atoms with E-state index in [-0.39, 0.29) is 49.5 Å². The highest BCUT2D eigenvalue weighted by Crippen LogP contribution is 2.39. The molecule has 0 radical (unpaired) electrons. The number of aliphatic hydroxyl groups is 1. The normalized spacial score (nSPS) is 26.8. The third-order valence-electron chi connectivity index (χ3n) is 14.3. The zero-order valence-corrected chi connectivity index (χ0v) is 45.8. The van der Waals surface area contributed by atoms with E-state index in [0.29, 0.717) is 0 Å². The summed E-state index contributed by atoms with van der Waals surface area (Å²) in [6.45, 7) is -0.891. The predicted molar refractivity (Wildman–Crippen MR) is 304 cm³/mol. The molecule has 6 aromatic rings. The van der Waals surface area contributed by atoms with Crippen LogP contribution in [0.1, 0.15) is 54.2 Å². The lowest BCUT2D eigenvalue weighted by Gasteiger charge is -2.50. The Kier molecular flexibility index (Phi) is 22.1. The Morgan fingerprint density at radius 1 is 0.419 bits per heavy atom. The van der Waals surface area contributed by atoms with E-state index in [2.05, 4.69) is 40.1 Å². The van der Waals surface area contributed by atoms with Gasteiger partial charge in [-0.1, -0.05) is 166 Å². The van der Waals surface area contributed by atoms with Crippen molar-refractivity contribution in [1.29, 1.82) is 0 Å². The molecule has 1 N–H and O–H groups in total. The lowest BCUT2D eigenvalue weighted by Crippen LogP contribution is -2.66. The summed E-state index contributed by atoms with van der Waals surface area (Å²) in [6.07, 6.45) is -20.9. The molecule has 26 heteroatoms. The molecule has 15 atom stereocenters. The quantitative estimate of drug-likeness (QED) is 0.0183. The van der Waals surface area contributed by atoms with E-state index in [1.165, 1.54) is 36.4 Å². The smallest absolute Gasteiger partial charge is 0.338 e. The molecule has 0 amide bonds. The summed E-state index contributed by atoms with van der Waals surface area (Å²) in [7, 11) is 0. The van der Waals surface area contributed by atoms with Gasteiger partial charge in [-0.05, 0) is 81.6 Å². The number of benzene rings is 6. The standard InChI is InChI=1S/C60H58N12O14/c61-69-65-32-45-50(77-34-37-19-7-1-8-20-37)52(78-35-38-21-9-2-10-22-38)54(79-36-39-23-11-3-12-24-39)59(80-45)85-48-43(67-71-63)31-44(68-72-64)49(47(48)73)86-60-55(84-58(76)42-29-17-6-18-30-42)53(83-57(75)41-27-15-5-16-28-41)51(46(81-60)33-66-70-62)82-56(74)40-25-13-4-14-26-40/h1-30,43-55,59-60,73H,31-36H2/t43-,44+,45-,46+,47-,48+,49-,50-,51+,52+,53-,54-,55+,59-,60-/m0/s1. The Morgan fingerprint density at radius 2 is 0.756 bits per heavy atom. The van der Waals surface area contributed by atoms with E-state index in [1.54, 1.807) is 54.6 Å². The van der Waals surface area contributed by atoms with Crippen molar-refractivity contribution in [1.82, 2.24) is 0 Å². The number of aliphatic hydroxyl groups excluding tert-OH is 1. The van der Waals surface area contributed by atoms with Gasteiger partial charge in [-0.3, -0.25) is 0 Å². The molecule has 442 valence electrons. The topological polar surface area (TPSA) is 359 Å². The minimum absolute atomic E-state index is 0.0118. The summed E-state index contributed by atoms with van der Waals surface area (Å²) >= 11 is 0. The summed E-state index contributed by atoms with van der Waals surface area (Å²) in [6, 6.07) is 48.1. The molecule has 0 bridgehead atoms. The summed E-state index contributed by atoms with van der Waals surface area (Å²) in [5.41, 5.74) is 42.0. The molecular weight excluding hydrogens is 1110 g/mol. The molecule has 0 spiro atoms. The molecular formula is C60H58N12O14. The number of hydrogen-bond donors (Lipinski definition) is 1. The van der Waals surface area contributed by atoms with Crippen molar-refractivity contribution in [3.63, 3.8) is 0 Å². The van der Waals surface area contributed by atoms with E-state index in [9.17, 15) is 41.6 Å². The minimum atomic E-state index is -2.01. The van der Waals surface area contributed by atoms with Crippen molar-refractivity contribution in [2.45, 2.75) is 118 Å². The van der Waals surface area contributed by atoms with Gasteiger partial charge in [-0.15, -0.1) is 0 Å². The summed E-state index contributed by atoms with van der Waals surface area (Å²) in [4.78, 5) is 54.6. The van der Waals surface area contributed by atoms with Gasteiger partial charge in [0.2, 0.25) is 0 Å². The molecule has 26 nitrogen and oxygen atoms in total. The SMILES string of the molecule is [N-]=[N+]=NC[C@@H]1O[C@@H](O[C@H]2[C@H](O)[C@@H](O[C@@H]3O[C@H](CN=[N+]=[N-])[C@@H](OC(=O)c4ccccc4)[C@H](OC(=O)c4ccccc4)[C@H]3OC(=O)c3ccccc3)[C@H](N=[N+]=[N-])C[C@@H]2N=[N+]=[N-])[C@@H](OCc2ccccc2)[C@H](OCc2ccccc2)[C@H]1OCc1ccccc1. The molecule has 1 saturated carbocycles. The van der Waals surface area contributed by atoms with Crippen molar-refractivity contribution < 1.29 is 66.9 Å². The van der Waals surface area contributed by atoms with Gasteiger partial charge in [0.1, 0.15) is 30.5 Å². The van der Waals surface area contributed by atoms with Crippen LogP contribution >= 0.6 is 0 Å². The average molecular weight is 1170 g/mol. The lowest BCUT2D eigenvalue weighted by atomic mass is 9.84. The third kappa shape index (κ3) is 15.9. The van der Waals surface area contributed by atoms with Gasteiger partial charge in [-0.25, -0.2) is 14.4 Å². The van der Waals surface area contributed by atoms with Crippen LogP contribution in [0.3, 0.4) is 0 Å². The molecule has 2 saturated heterocycles. The molecule has 9 rings (SSSR count). The van der Waals surface area contributed by atoms with E-state index in [0.717, 1.165) is 16.7 Å². The first-order valence-corrected chi connectivity index (χ1v) is 27.3. The molecule has 2 aliphatic heterocycles. The maximum absolute atomic E-state index is 14.3.